The predicted octanol–water partition coefficient (Wildman–Crippen LogP) is 2.51. The molecule has 0 bridgehead atoms. The van der Waals surface area contributed by atoms with Crippen LogP contribution in [0.2, 0.25) is 0 Å². The molecule has 2 aliphatic rings. The van der Waals surface area contributed by atoms with Crippen LogP contribution in [0.15, 0.2) is 12.1 Å². The number of aromatic carboxylic acids is 2. The van der Waals surface area contributed by atoms with Crippen LogP contribution in [0.4, 0.5) is 0 Å². The van der Waals surface area contributed by atoms with Crippen molar-refractivity contribution in [2.45, 2.75) is 38.5 Å². The van der Waals surface area contributed by atoms with E-state index in [1.54, 1.807) is 6.92 Å². The quantitative estimate of drug-likeness (QED) is 0.884. The van der Waals surface area contributed by atoms with Gasteiger partial charge in [0.2, 0.25) is 5.91 Å². The van der Waals surface area contributed by atoms with Crippen molar-refractivity contribution in [3.8, 4) is 0 Å². The third-order valence-corrected chi connectivity index (χ3v) is 4.93. The predicted molar refractivity (Wildman–Crippen MR) is 86.4 cm³/mol. The number of hydrogen-bond acceptors (Lipinski definition) is 3. The van der Waals surface area contributed by atoms with Gasteiger partial charge in [0.25, 0.3) is 0 Å². The number of hydrogen-bond donors (Lipinski definition) is 2. The molecule has 3 rings (SSSR count). The van der Waals surface area contributed by atoms with Gasteiger partial charge in [-0.05, 0) is 61.8 Å². The molecule has 6 heteroatoms. The minimum Gasteiger partial charge on any atom is -0.478 e. The molecule has 0 atom stereocenters. The Labute approximate surface area is 140 Å². The van der Waals surface area contributed by atoms with Gasteiger partial charge < -0.3 is 15.1 Å². The van der Waals surface area contributed by atoms with Gasteiger partial charge in [-0.15, -0.1) is 0 Å². The highest BCUT2D eigenvalue weighted by Crippen LogP contribution is 2.37. The topological polar surface area (TPSA) is 94.9 Å². The summed E-state index contributed by atoms with van der Waals surface area (Å²) < 4.78 is 0. The fourth-order valence-corrected chi connectivity index (χ4v) is 3.57. The normalized spacial score (nSPS) is 18.5. The number of benzene rings is 1. The maximum atomic E-state index is 12.1. The zero-order valence-electron chi connectivity index (χ0n) is 13.6. The molecule has 1 aromatic carbocycles. The Kier molecular flexibility index (Phi) is 4.30. The summed E-state index contributed by atoms with van der Waals surface area (Å²) in [4.78, 5) is 37.2. The largest absolute Gasteiger partial charge is 0.478 e. The Morgan fingerprint density at radius 1 is 0.958 bits per heavy atom. The SMILES string of the molecule is Cc1cc(C(=O)O)c(C2CCN(C(=O)C3CC3)CC2)c(C(=O)O)c1. The monoisotopic (exact) mass is 331 g/mol. The van der Waals surface area contributed by atoms with Crippen molar-refractivity contribution in [2.24, 2.45) is 5.92 Å². The molecule has 6 nitrogen and oxygen atoms in total. The maximum absolute atomic E-state index is 12.1. The molecular formula is C18H21NO5. The number of carboxylic acid groups (broad SMARTS) is 2. The molecule has 1 amide bonds. The number of carbonyl (C=O) groups excluding carboxylic acids is 1. The van der Waals surface area contributed by atoms with Crippen LogP contribution in [-0.4, -0.2) is 46.0 Å². The van der Waals surface area contributed by atoms with Gasteiger partial charge in [0, 0.05) is 19.0 Å². The number of rotatable bonds is 4. The highest BCUT2D eigenvalue weighted by atomic mass is 16.4. The van der Waals surface area contributed by atoms with Crippen molar-refractivity contribution < 1.29 is 24.6 Å². The van der Waals surface area contributed by atoms with Crippen LogP contribution in [0.1, 0.15) is 63.4 Å². The third-order valence-electron chi connectivity index (χ3n) is 4.93. The number of piperidine rings is 1. The molecule has 0 unspecified atom stereocenters. The Morgan fingerprint density at radius 2 is 1.46 bits per heavy atom. The summed E-state index contributed by atoms with van der Waals surface area (Å²) in [5, 5.41) is 19.0. The van der Waals surface area contributed by atoms with Crippen molar-refractivity contribution >= 4 is 17.8 Å². The first-order chi connectivity index (χ1) is 11.4. The van der Waals surface area contributed by atoms with Gasteiger partial charge in [-0.2, -0.15) is 0 Å². The van der Waals surface area contributed by atoms with Gasteiger partial charge in [0.05, 0.1) is 11.1 Å². The van der Waals surface area contributed by atoms with Gasteiger partial charge in [0.15, 0.2) is 0 Å². The molecule has 2 fully saturated rings. The van der Waals surface area contributed by atoms with E-state index in [-0.39, 0.29) is 28.9 Å². The van der Waals surface area contributed by atoms with Crippen LogP contribution < -0.4 is 0 Å². The first-order valence-corrected chi connectivity index (χ1v) is 8.28. The van der Waals surface area contributed by atoms with Crippen LogP contribution >= 0.6 is 0 Å². The third kappa shape index (κ3) is 3.13. The second-order valence-corrected chi connectivity index (χ2v) is 6.76. The lowest BCUT2D eigenvalue weighted by Crippen LogP contribution is -2.39. The fourth-order valence-electron chi connectivity index (χ4n) is 3.57. The first-order valence-electron chi connectivity index (χ1n) is 8.28. The Bertz CT molecular complexity index is 664. The van der Waals surface area contributed by atoms with Gasteiger partial charge in [-0.3, -0.25) is 4.79 Å². The molecule has 0 spiro atoms. The lowest BCUT2D eigenvalue weighted by Gasteiger charge is -2.33. The molecule has 1 saturated heterocycles. The molecular weight excluding hydrogens is 310 g/mol. The van der Waals surface area contributed by atoms with E-state index in [1.165, 1.54) is 12.1 Å². The van der Waals surface area contributed by atoms with Gasteiger partial charge in [-0.1, -0.05) is 0 Å². The minimum absolute atomic E-state index is 0.0689. The van der Waals surface area contributed by atoms with E-state index >= 15 is 0 Å². The van der Waals surface area contributed by atoms with Crippen LogP contribution in [0, 0.1) is 12.8 Å². The fraction of sp³-hybridized carbons (Fsp3) is 0.500. The second-order valence-electron chi connectivity index (χ2n) is 6.76. The highest BCUT2D eigenvalue weighted by molar-refractivity contribution is 5.97. The van der Waals surface area contributed by atoms with Crippen LogP contribution in [0.25, 0.3) is 0 Å². The van der Waals surface area contributed by atoms with E-state index in [0.717, 1.165) is 12.8 Å². The van der Waals surface area contributed by atoms with Crippen molar-refractivity contribution in [1.29, 1.82) is 0 Å². The van der Waals surface area contributed by atoms with E-state index in [0.29, 0.717) is 37.1 Å². The molecule has 1 aliphatic heterocycles. The zero-order chi connectivity index (χ0) is 17.4. The summed E-state index contributed by atoms with van der Waals surface area (Å²) in [5.41, 5.74) is 1.16. The van der Waals surface area contributed by atoms with Gasteiger partial charge in [-0.25, -0.2) is 9.59 Å². The molecule has 1 saturated carbocycles. The average molecular weight is 331 g/mol. The molecule has 0 radical (unpaired) electrons. The molecule has 2 N–H and O–H groups in total. The molecule has 128 valence electrons. The summed E-state index contributed by atoms with van der Waals surface area (Å²) in [6.45, 7) is 2.82. The minimum atomic E-state index is -1.10. The van der Waals surface area contributed by atoms with Crippen molar-refractivity contribution in [2.75, 3.05) is 13.1 Å². The number of amides is 1. The van der Waals surface area contributed by atoms with Crippen LogP contribution in [-0.2, 0) is 4.79 Å². The highest BCUT2D eigenvalue weighted by Gasteiger charge is 2.36. The zero-order valence-corrected chi connectivity index (χ0v) is 13.6. The number of carboxylic acids is 2. The molecule has 1 aliphatic carbocycles. The Morgan fingerprint density at radius 3 is 1.88 bits per heavy atom. The molecule has 24 heavy (non-hydrogen) atoms. The Balaban J connectivity index is 1.87. The molecule has 1 aromatic rings. The lowest BCUT2D eigenvalue weighted by molar-refractivity contribution is -0.133. The lowest BCUT2D eigenvalue weighted by atomic mass is 9.82. The van der Waals surface area contributed by atoms with Gasteiger partial charge in [0.1, 0.15) is 0 Å². The standard InChI is InChI=1S/C18H21NO5/c1-10-8-13(17(21)22)15(14(9-10)18(23)24)11-4-6-19(7-5-11)16(20)12-2-3-12/h8-9,11-12H,2-7H2,1H3,(H,21,22)(H,23,24). The van der Waals surface area contributed by atoms with Crippen molar-refractivity contribution in [3.63, 3.8) is 0 Å². The number of carbonyl (C=O) groups is 3. The van der Waals surface area contributed by atoms with E-state index in [1.807, 2.05) is 4.90 Å². The Hall–Kier alpha value is -2.37. The smallest absolute Gasteiger partial charge is 0.336 e. The second kappa shape index (κ2) is 6.26. The van der Waals surface area contributed by atoms with Gasteiger partial charge >= 0.3 is 11.9 Å². The van der Waals surface area contributed by atoms with Crippen molar-refractivity contribution in [3.05, 3.63) is 34.4 Å². The van der Waals surface area contributed by atoms with Crippen LogP contribution in [0.5, 0.6) is 0 Å². The summed E-state index contributed by atoms with van der Waals surface area (Å²) in [6.07, 6.45) is 3.12. The number of nitrogens with zero attached hydrogens (tertiary/aromatic N) is 1. The summed E-state index contributed by atoms with van der Waals surface area (Å²) in [6, 6.07) is 3.07. The first kappa shape index (κ1) is 16.5. The van der Waals surface area contributed by atoms with E-state index in [9.17, 15) is 24.6 Å². The summed E-state index contributed by atoms with van der Waals surface area (Å²) >= 11 is 0. The van der Waals surface area contributed by atoms with Crippen molar-refractivity contribution in [1.82, 2.24) is 4.90 Å². The summed E-state index contributed by atoms with van der Waals surface area (Å²) in [7, 11) is 0. The summed E-state index contributed by atoms with van der Waals surface area (Å²) in [5.74, 6) is -1.99. The van der Waals surface area contributed by atoms with E-state index < -0.39 is 11.9 Å². The molecule has 0 aromatic heterocycles. The van der Waals surface area contributed by atoms with E-state index in [2.05, 4.69) is 0 Å². The number of likely N-dealkylation sites (tertiary alicyclic amines) is 1. The average Bonchev–Trinajstić information content (AvgIpc) is 3.38. The maximum Gasteiger partial charge on any atom is 0.336 e. The van der Waals surface area contributed by atoms with Crippen LogP contribution in [0.3, 0.4) is 0 Å². The van der Waals surface area contributed by atoms with E-state index in [4.69, 9.17) is 0 Å². The number of aryl methyl sites for hydroxylation is 1. The molecule has 1 heterocycles.